The molecule has 1 aromatic heterocycles. The minimum atomic E-state index is -0.410. The first-order chi connectivity index (χ1) is 11.7. The van der Waals surface area contributed by atoms with Crippen LogP contribution in [0.1, 0.15) is 24.6 Å². The number of fused-ring (bicyclic) bond motifs is 1. The molecule has 6 heteroatoms. The Kier molecular flexibility index (Phi) is 3.59. The molecule has 0 spiro atoms. The third-order valence-corrected chi connectivity index (χ3v) is 4.60. The Bertz CT molecular complexity index is 771. The number of carbonyl (C=O) groups is 1. The van der Waals surface area contributed by atoms with Gasteiger partial charge in [-0.3, -0.25) is 9.88 Å². The van der Waals surface area contributed by atoms with Crippen LogP contribution >= 0.6 is 0 Å². The lowest BCUT2D eigenvalue weighted by atomic mass is 10.2. The average Bonchev–Trinajstić information content (AvgIpc) is 3.17. The number of cyclic esters (lactones) is 1. The van der Waals surface area contributed by atoms with E-state index in [2.05, 4.69) is 4.98 Å². The van der Waals surface area contributed by atoms with Crippen LogP contribution in [-0.4, -0.2) is 23.7 Å². The van der Waals surface area contributed by atoms with Crippen LogP contribution in [0, 0.1) is 5.82 Å². The number of amides is 1. The molecule has 0 bridgehead atoms. The second kappa shape index (κ2) is 5.78. The number of ether oxygens (including phenoxy) is 1. The van der Waals surface area contributed by atoms with Gasteiger partial charge in [0, 0.05) is 12.7 Å². The highest BCUT2D eigenvalue weighted by atomic mass is 19.1. The third-order valence-electron chi connectivity index (χ3n) is 4.60. The van der Waals surface area contributed by atoms with Crippen LogP contribution in [0.5, 0.6) is 0 Å². The van der Waals surface area contributed by atoms with E-state index in [1.807, 2.05) is 24.0 Å². The standard InChI is InChI=1S/C18H18FN3O2/c1-2-14-10-22(18(23)24-14)13-5-6-17(15(19)8-13)21-9-12-4-3-7-20-16(12)11-21/h3-8,14H,2,9-11H2,1H3/t14-/m0/s1. The van der Waals surface area contributed by atoms with E-state index in [0.717, 1.165) is 17.7 Å². The van der Waals surface area contributed by atoms with Gasteiger partial charge in [-0.1, -0.05) is 13.0 Å². The first kappa shape index (κ1) is 14.9. The zero-order valence-corrected chi connectivity index (χ0v) is 13.4. The molecule has 5 nitrogen and oxygen atoms in total. The quantitative estimate of drug-likeness (QED) is 0.866. The second-order valence-corrected chi connectivity index (χ2v) is 6.13. The van der Waals surface area contributed by atoms with Crippen molar-refractivity contribution in [3.8, 4) is 0 Å². The van der Waals surface area contributed by atoms with E-state index >= 15 is 0 Å². The Labute approximate surface area is 139 Å². The van der Waals surface area contributed by atoms with Gasteiger partial charge in [-0.15, -0.1) is 0 Å². The van der Waals surface area contributed by atoms with Crippen LogP contribution in [0.15, 0.2) is 36.5 Å². The monoisotopic (exact) mass is 327 g/mol. The highest BCUT2D eigenvalue weighted by Crippen LogP contribution is 2.32. The Hall–Kier alpha value is -2.63. The van der Waals surface area contributed by atoms with Crippen molar-refractivity contribution in [3.05, 3.63) is 53.6 Å². The number of hydrogen-bond donors (Lipinski definition) is 0. The predicted octanol–water partition coefficient (Wildman–Crippen LogP) is 3.48. The number of aromatic nitrogens is 1. The SMILES string of the molecule is CC[C@H]1CN(c2ccc(N3Cc4cccnc4C3)c(F)c2)C(=O)O1. The normalized spacial score (nSPS) is 19.6. The summed E-state index contributed by atoms with van der Waals surface area (Å²) in [4.78, 5) is 19.7. The van der Waals surface area contributed by atoms with Crippen LogP contribution in [0.4, 0.5) is 20.6 Å². The lowest BCUT2D eigenvalue weighted by molar-refractivity contribution is 0.139. The summed E-state index contributed by atoms with van der Waals surface area (Å²) in [6, 6.07) is 8.81. The average molecular weight is 327 g/mol. The van der Waals surface area contributed by atoms with Gasteiger partial charge in [0.25, 0.3) is 0 Å². The number of benzene rings is 1. The van der Waals surface area contributed by atoms with Gasteiger partial charge in [-0.05, 0) is 36.2 Å². The van der Waals surface area contributed by atoms with E-state index in [-0.39, 0.29) is 11.9 Å². The van der Waals surface area contributed by atoms with E-state index in [9.17, 15) is 9.18 Å². The van der Waals surface area contributed by atoms with Gasteiger partial charge in [0.05, 0.1) is 30.2 Å². The molecule has 2 aromatic rings. The lowest BCUT2D eigenvalue weighted by Gasteiger charge is -2.20. The van der Waals surface area contributed by atoms with Crippen LogP contribution in [0.3, 0.4) is 0 Å². The smallest absolute Gasteiger partial charge is 0.414 e. The zero-order valence-electron chi connectivity index (χ0n) is 13.4. The summed E-state index contributed by atoms with van der Waals surface area (Å²) >= 11 is 0. The van der Waals surface area contributed by atoms with Gasteiger partial charge in [-0.2, -0.15) is 0 Å². The summed E-state index contributed by atoms with van der Waals surface area (Å²) in [5.74, 6) is -0.340. The molecule has 1 amide bonds. The van der Waals surface area contributed by atoms with Gasteiger partial charge >= 0.3 is 6.09 Å². The van der Waals surface area contributed by atoms with Gasteiger partial charge in [0.1, 0.15) is 11.9 Å². The van der Waals surface area contributed by atoms with Crippen molar-refractivity contribution in [2.24, 2.45) is 0 Å². The van der Waals surface area contributed by atoms with Crippen molar-refractivity contribution in [2.75, 3.05) is 16.3 Å². The third kappa shape index (κ3) is 2.48. The van der Waals surface area contributed by atoms with Gasteiger partial charge < -0.3 is 9.64 Å². The van der Waals surface area contributed by atoms with E-state index < -0.39 is 6.09 Å². The van der Waals surface area contributed by atoms with E-state index in [0.29, 0.717) is 31.0 Å². The Morgan fingerprint density at radius 2 is 2.21 bits per heavy atom. The number of carbonyl (C=O) groups excluding carboxylic acids is 1. The lowest BCUT2D eigenvalue weighted by Crippen LogP contribution is -2.25. The van der Waals surface area contributed by atoms with E-state index in [1.54, 1.807) is 18.3 Å². The molecule has 4 rings (SSSR count). The maximum atomic E-state index is 14.6. The number of anilines is 2. The summed E-state index contributed by atoms with van der Waals surface area (Å²) in [7, 11) is 0. The molecule has 24 heavy (non-hydrogen) atoms. The molecular weight excluding hydrogens is 309 g/mol. The maximum absolute atomic E-state index is 14.6. The minimum Gasteiger partial charge on any atom is -0.444 e. The fraction of sp³-hybridized carbons (Fsp3) is 0.333. The molecule has 1 atom stereocenters. The second-order valence-electron chi connectivity index (χ2n) is 6.13. The summed E-state index contributed by atoms with van der Waals surface area (Å²) in [6.45, 7) is 3.66. The fourth-order valence-corrected chi connectivity index (χ4v) is 3.24. The fourth-order valence-electron chi connectivity index (χ4n) is 3.24. The van der Waals surface area contributed by atoms with Crippen LogP contribution in [0.2, 0.25) is 0 Å². The summed E-state index contributed by atoms with van der Waals surface area (Å²) < 4.78 is 19.9. The maximum Gasteiger partial charge on any atom is 0.414 e. The summed E-state index contributed by atoms with van der Waals surface area (Å²) in [5.41, 5.74) is 3.16. The van der Waals surface area contributed by atoms with Crippen LogP contribution in [-0.2, 0) is 17.8 Å². The number of halogens is 1. The minimum absolute atomic E-state index is 0.126. The number of nitrogens with zero attached hydrogens (tertiary/aromatic N) is 3. The van der Waals surface area contributed by atoms with Gasteiger partial charge in [0.15, 0.2) is 0 Å². The summed E-state index contributed by atoms with van der Waals surface area (Å²) in [6.07, 6.45) is 1.97. The van der Waals surface area contributed by atoms with Crippen molar-refractivity contribution < 1.29 is 13.9 Å². The molecule has 124 valence electrons. The number of rotatable bonds is 3. The molecule has 1 fully saturated rings. The molecule has 0 unspecified atom stereocenters. The van der Waals surface area contributed by atoms with Gasteiger partial charge in [-0.25, -0.2) is 9.18 Å². The highest BCUT2D eigenvalue weighted by Gasteiger charge is 2.32. The Morgan fingerprint density at radius 3 is 2.92 bits per heavy atom. The Balaban J connectivity index is 1.57. The van der Waals surface area contributed by atoms with Gasteiger partial charge in [0.2, 0.25) is 0 Å². The topological polar surface area (TPSA) is 45.7 Å². The van der Waals surface area contributed by atoms with E-state index in [4.69, 9.17) is 4.74 Å². The molecule has 3 heterocycles. The molecule has 2 aliphatic heterocycles. The summed E-state index contributed by atoms with van der Waals surface area (Å²) in [5, 5.41) is 0. The van der Waals surface area contributed by atoms with Crippen LogP contribution < -0.4 is 9.80 Å². The van der Waals surface area contributed by atoms with Crippen molar-refractivity contribution in [3.63, 3.8) is 0 Å². The van der Waals surface area contributed by atoms with Crippen LogP contribution in [0.25, 0.3) is 0 Å². The molecule has 1 saturated heterocycles. The zero-order chi connectivity index (χ0) is 16.7. The molecule has 0 aliphatic carbocycles. The van der Waals surface area contributed by atoms with E-state index in [1.165, 1.54) is 11.0 Å². The van der Waals surface area contributed by atoms with Crippen molar-refractivity contribution in [2.45, 2.75) is 32.5 Å². The molecule has 2 aliphatic rings. The molecule has 0 N–H and O–H groups in total. The largest absolute Gasteiger partial charge is 0.444 e. The number of hydrogen-bond acceptors (Lipinski definition) is 4. The molecule has 0 saturated carbocycles. The van der Waals surface area contributed by atoms with Crippen molar-refractivity contribution in [1.82, 2.24) is 4.98 Å². The Morgan fingerprint density at radius 1 is 1.33 bits per heavy atom. The first-order valence-corrected chi connectivity index (χ1v) is 8.11. The first-order valence-electron chi connectivity index (χ1n) is 8.11. The molecular formula is C18H18FN3O2. The number of pyridine rings is 1. The van der Waals surface area contributed by atoms with Crippen molar-refractivity contribution in [1.29, 1.82) is 0 Å². The predicted molar refractivity (Wildman–Crippen MR) is 88.4 cm³/mol. The molecule has 1 aromatic carbocycles. The van der Waals surface area contributed by atoms with Crippen molar-refractivity contribution >= 4 is 17.5 Å². The molecule has 0 radical (unpaired) electrons. The highest BCUT2D eigenvalue weighted by molar-refractivity contribution is 5.90.